The summed E-state index contributed by atoms with van der Waals surface area (Å²) >= 11 is 7.75. The molecule has 1 N–H and O–H groups in total. The van der Waals surface area contributed by atoms with E-state index in [9.17, 15) is 13.2 Å². The normalized spacial score (nSPS) is 14.6. The molecule has 9 heteroatoms. The molecule has 0 unspecified atom stereocenters. The molecule has 0 spiro atoms. The summed E-state index contributed by atoms with van der Waals surface area (Å²) in [5, 5.41) is 4.33. The van der Waals surface area contributed by atoms with E-state index in [1.54, 1.807) is 12.1 Å². The van der Waals surface area contributed by atoms with Crippen LogP contribution in [0.3, 0.4) is 0 Å². The predicted molar refractivity (Wildman–Crippen MR) is 123 cm³/mol. The average Bonchev–Trinajstić information content (AvgIpc) is 3.43. The fraction of sp³-hybridized carbons (Fsp3) is 0.273. The second-order valence-corrected chi connectivity index (χ2v) is 10.8. The molecular formula is C22H22ClN3O3S2. The van der Waals surface area contributed by atoms with Crippen molar-refractivity contribution in [3.8, 4) is 10.6 Å². The van der Waals surface area contributed by atoms with Crippen molar-refractivity contribution in [3.05, 3.63) is 69.7 Å². The fourth-order valence-corrected chi connectivity index (χ4v) is 6.30. The van der Waals surface area contributed by atoms with Gasteiger partial charge in [0.2, 0.25) is 10.0 Å². The van der Waals surface area contributed by atoms with Gasteiger partial charge < -0.3 is 5.32 Å². The van der Waals surface area contributed by atoms with E-state index in [4.69, 9.17) is 11.6 Å². The van der Waals surface area contributed by atoms with Crippen LogP contribution in [0, 0.1) is 6.92 Å². The van der Waals surface area contributed by atoms with Gasteiger partial charge in [-0.1, -0.05) is 29.8 Å². The number of aryl methyl sites for hydroxylation is 1. The summed E-state index contributed by atoms with van der Waals surface area (Å²) in [6, 6.07) is 13.6. The topological polar surface area (TPSA) is 79.4 Å². The Morgan fingerprint density at radius 1 is 1.13 bits per heavy atom. The lowest BCUT2D eigenvalue weighted by molar-refractivity contribution is 0.0951. The van der Waals surface area contributed by atoms with Gasteiger partial charge >= 0.3 is 0 Å². The molecule has 0 atom stereocenters. The molecule has 0 radical (unpaired) electrons. The number of sulfonamides is 1. The summed E-state index contributed by atoms with van der Waals surface area (Å²) in [6.45, 7) is 3.33. The van der Waals surface area contributed by atoms with Crippen LogP contribution < -0.4 is 5.32 Å². The Bertz CT molecular complexity index is 1200. The summed E-state index contributed by atoms with van der Waals surface area (Å²) < 4.78 is 26.7. The van der Waals surface area contributed by atoms with Gasteiger partial charge in [0, 0.05) is 29.1 Å². The zero-order chi connectivity index (χ0) is 22.0. The standard InChI is InChI=1S/C22H22ClN3O3S2/c1-15-20(30-22(25-15)18-6-2-3-7-19(18)23)14-24-21(27)16-8-10-17(11-9-16)31(28,29)26-12-4-5-13-26/h2-3,6-11H,4-5,12-14H2,1H3,(H,24,27). The van der Waals surface area contributed by atoms with Crippen LogP contribution in [0.15, 0.2) is 53.4 Å². The first kappa shape index (κ1) is 22.0. The molecule has 0 aliphatic carbocycles. The second kappa shape index (κ2) is 9.08. The molecule has 1 aliphatic rings. The highest BCUT2D eigenvalue weighted by Gasteiger charge is 2.27. The Morgan fingerprint density at radius 3 is 2.48 bits per heavy atom. The third-order valence-corrected chi connectivity index (χ3v) is 8.66. The number of nitrogens with zero attached hydrogens (tertiary/aromatic N) is 2. The number of rotatable bonds is 6. The van der Waals surface area contributed by atoms with E-state index in [0.717, 1.165) is 34.0 Å². The van der Waals surface area contributed by atoms with Crippen molar-refractivity contribution >= 4 is 38.9 Å². The van der Waals surface area contributed by atoms with E-state index in [0.29, 0.717) is 30.2 Å². The Labute approximate surface area is 190 Å². The minimum Gasteiger partial charge on any atom is -0.347 e. The molecule has 31 heavy (non-hydrogen) atoms. The number of hydrogen-bond acceptors (Lipinski definition) is 5. The van der Waals surface area contributed by atoms with Gasteiger partial charge in [-0.25, -0.2) is 13.4 Å². The van der Waals surface area contributed by atoms with Gasteiger partial charge in [-0.05, 0) is 50.1 Å². The molecule has 0 bridgehead atoms. The van der Waals surface area contributed by atoms with E-state index in [2.05, 4.69) is 10.3 Å². The van der Waals surface area contributed by atoms with Crippen LogP contribution in [0.4, 0.5) is 0 Å². The zero-order valence-electron chi connectivity index (χ0n) is 17.0. The number of amides is 1. The maximum atomic E-state index is 12.6. The SMILES string of the molecule is Cc1nc(-c2ccccc2Cl)sc1CNC(=O)c1ccc(S(=O)(=O)N2CCCC2)cc1. The maximum absolute atomic E-state index is 12.6. The van der Waals surface area contributed by atoms with Crippen LogP contribution in [0.5, 0.6) is 0 Å². The average molecular weight is 476 g/mol. The van der Waals surface area contributed by atoms with E-state index >= 15 is 0 Å². The van der Waals surface area contributed by atoms with Gasteiger partial charge in [0.25, 0.3) is 5.91 Å². The van der Waals surface area contributed by atoms with Crippen LogP contribution in [0.2, 0.25) is 5.02 Å². The van der Waals surface area contributed by atoms with Crippen molar-refractivity contribution in [2.75, 3.05) is 13.1 Å². The highest BCUT2D eigenvalue weighted by molar-refractivity contribution is 7.89. The Morgan fingerprint density at radius 2 is 1.81 bits per heavy atom. The number of thiazole rings is 1. The van der Waals surface area contributed by atoms with Crippen LogP contribution in [-0.2, 0) is 16.6 Å². The van der Waals surface area contributed by atoms with Gasteiger partial charge in [0.15, 0.2) is 0 Å². The molecule has 0 saturated carbocycles. The molecule has 2 aromatic carbocycles. The predicted octanol–water partition coefficient (Wildman–Crippen LogP) is 4.49. The lowest BCUT2D eigenvalue weighted by atomic mass is 10.2. The monoisotopic (exact) mass is 475 g/mol. The van der Waals surface area contributed by atoms with E-state index in [1.165, 1.54) is 27.8 Å². The summed E-state index contributed by atoms with van der Waals surface area (Å²) in [7, 11) is -3.48. The smallest absolute Gasteiger partial charge is 0.251 e. The number of benzene rings is 2. The summed E-state index contributed by atoms with van der Waals surface area (Å²) in [4.78, 5) is 18.3. The number of nitrogens with one attached hydrogen (secondary N) is 1. The van der Waals surface area contributed by atoms with Gasteiger partial charge in [0.05, 0.1) is 22.2 Å². The van der Waals surface area contributed by atoms with Crippen LogP contribution in [0.25, 0.3) is 10.6 Å². The molecule has 3 aromatic rings. The molecule has 1 saturated heterocycles. The molecule has 1 aliphatic heterocycles. The van der Waals surface area contributed by atoms with Crippen molar-refractivity contribution in [2.24, 2.45) is 0 Å². The number of carbonyl (C=O) groups is 1. The number of halogens is 1. The Kier molecular flexibility index (Phi) is 6.43. The molecule has 4 rings (SSSR count). The van der Waals surface area contributed by atoms with Crippen molar-refractivity contribution < 1.29 is 13.2 Å². The molecule has 6 nitrogen and oxygen atoms in total. The summed E-state index contributed by atoms with van der Waals surface area (Å²) in [5.74, 6) is -0.266. The second-order valence-electron chi connectivity index (χ2n) is 7.33. The first-order valence-corrected chi connectivity index (χ1v) is 12.6. The number of hydrogen-bond donors (Lipinski definition) is 1. The third kappa shape index (κ3) is 4.67. The lowest BCUT2D eigenvalue weighted by Crippen LogP contribution is -2.28. The highest BCUT2D eigenvalue weighted by atomic mass is 35.5. The molecule has 1 fully saturated rings. The number of aromatic nitrogens is 1. The van der Waals surface area contributed by atoms with Crippen LogP contribution in [-0.4, -0.2) is 36.7 Å². The van der Waals surface area contributed by atoms with Gasteiger partial charge in [-0.3, -0.25) is 4.79 Å². The Hall–Kier alpha value is -2.26. The van der Waals surface area contributed by atoms with Gasteiger partial charge in [0.1, 0.15) is 5.01 Å². The van der Waals surface area contributed by atoms with E-state index < -0.39 is 10.0 Å². The summed E-state index contributed by atoms with van der Waals surface area (Å²) in [5.41, 5.74) is 2.12. The van der Waals surface area contributed by atoms with Crippen molar-refractivity contribution in [3.63, 3.8) is 0 Å². The highest BCUT2D eigenvalue weighted by Crippen LogP contribution is 2.32. The van der Waals surface area contributed by atoms with E-state index in [-0.39, 0.29) is 10.8 Å². The largest absolute Gasteiger partial charge is 0.347 e. The van der Waals surface area contributed by atoms with Crippen molar-refractivity contribution in [1.29, 1.82) is 0 Å². The van der Waals surface area contributed by atoms with E-state index in [1.807, 2.05) is 31.2 Å². The van der Waals surface area contributed by atoms with Crippen molar-refractivity contribution in [1.82, 2.24) is 14.6 Å². The molecule has 1 aromatic heterocycles. The first-order chi connectivity index (χ1) is 14.9. The first-order valence-electron chi connectivity index (χ1n) is 9.96. The molecule has 2 heterocycles. The quantitative estimate of drug-likeness (QED) is 0.569. The summed E-state index contributed by atoms with van der Waals surface area (Å²) in [6.07, 6.45) is 1.77. The van der Waals surface area contributed by atoms with Crippen molar-refractivity contribution in [2.45, 2.75) is 31.2 Å². The van der Waals surface area contributed by atoms with Gasteiger partial charge in [-0.15, -0.1) is 11.3 Å². The maximum Gasteiger partial charge on any atom is 0.251 e. The minimum absolute atomic E-state index is 0.216. The van der Waals surface area contributed by atoms with Crippen LogP contribution in [0.1, 0.15) is 33.8 Å². The molecular weight excluding hydrogens is 454 g/mol. The fourth-order valence-electron chi connectivity index (χ4n) is 3.46. The minimum atomic E-state index is -3.48. The lowest BCUT2D eigenvalue weighted by Gasteiger charge is -2.15. The zero-order valence-corrected chi connectivity index (χ0v) is 19.4. The molecule has 1 amide bonds. The van der Waals surface area contributed by atoms with Gasteiger partial charge in [-0.2, -0.15) is 4.31 Å². The Balaban J connectivity index is 1.43. The van der Waals surface area contributed by atoms with Crippen LogP contribution >= 0.6 is 22.9 Å². The third-order valence-electron chi connectivity index (χ3n) is 5.23. The number of carbonyl (C=O) groups excluding carboxylic acids is 1. The molecule has 162 valence electrons.